The van der Waals surface area contributed by atoms with Gasteiger partial charge in [-0.3, -0.25) is 10.1 Å². The van der Waals surface area contributed by atoms with Crippen LogP contribution in [-0.2, 0) is 0 Å². The molecule has 0 aliphatic carbocycles. The van der Waals surface area contributed by atoms with Gasteiger partial charge in [0.2, 0.25) is 0 Å². The first kappa shape index (κ1) is 10.5. The average molecular weight is 194 g/mol. The van der Waals surface area contributed by atoms with E-state index in [1.54, 1.807) is 12.1 Å². The van der Waals surface area contributed by atoms with Crippen molar-refractivity contribution in [1.29, 1.82) is 0 Å². The highest BCUT2D eigenvalue weighted by molar-refractivity contribution is 5.53. The second-order valence-corrected chi connectivity index (χ2v) is 3.24. The molecular formula is C10H14N2O2. The van der Waals surface area contributed by atoms with Crippen molar-refractivity contribution in [3.05, 3.63) is 33.9 Å². The Bertz CT molecular complexity index is 337. The predicted octanol–water partition coefficient (Wildman–Crippen LogP) is 2.73. The fourth-order valence-electron chi connectivity index (χ4n) is 1.24. The minimum atomic E-state index is -0.371. The molecule has 0 heterocycles. The van der Waals surface area contributed by atoms with Gasteiger partial charge in [0.1, 0.15) is 0 Å². The zero-order valence-electron chi connectivity index (χ0n) is 8.41. The summed E-state index contributed by atoms with van der Waals surface area (Å²) in [6.45, 7) is 4.74. The molecular weight excluding hydrogens is 180 g/mol. The van der Waals surface area contributed by atoms with Crippen LogP contribution in [0.1, 0.15) is 18.9 Å². The number of hydrogen-bond donors (Lipinski definition) is 1. The molecule has 0 aliphatic rings. The summed E-state index contributed by atoms with van der Waals surface area (Å²) >= 11 is 0. The van der Waals surface area contributed by atoms with Gasteiger partial charge in [-0.05, 0) is 25.0 Å². The fourth-order valence-corrected chi connectivity index (χ4v) is 1.24. The summed E-state index contributed by atoms with van der Waals surface area (Å²) in [6, 6.07) is 5.03. The van der Waals surface area contributed by atoms with Crippen molar-refractivity contribution in [2.24, 2.45) is 0 Å². The van der Waals surface area contributed by atoms with E-state index in [1.165, 1.54) is 0 Å². The lowest BCUT2D eigenvalue weighted by atomic mass is 10.2. The molecule has 0 fully saturated rings. The second kappa shape index (κ2) is 4.60. The van der Waals surface area contributed by atoms with Gasteiger partial charge in [-0.25, -0.2) is 0 Å². The first-order valence-corrected chi connectivity index (χ1v) is 4.63. The molecule has 0 aliphatic heterocycles. The summed E-state index contributed by atoms with van der Waals surface area (Å²) in [5.74, 6) is 0. The first-order chi connectivity index (χ1) is 6.63. The third kappa shape index (κ3) is 2.73. The van der Waals surface area contributed by atoms with Gasteiger partial charge in [0, 0.05) is 24.4 Å². The summed E-state index contributed by atoms with van der Waals surface area (Å²) < 4.78 is 0. The Hall–Kier alpha value is -1.58. The zero-order chi connectivity index (χ0) is 10.6. The molecule has 76 valence electrons. The topological polar surface area (TPSA) is 55.2 Å². The Morgan fingerprint density at radius 1 is 1.43 bits per heavy atom. The molecule has 4 nitrogen and oxygen atoms in total. The molecule has 1 N–H and O–H groups in total. The van der Waals surface area contributed by atoms with Crippen LogP contribution >= 0.6 is 0 Å². The van der Waals surface area contributed by atoms with Crippen molar-refractivity contribution in [2.45, 2.75) is 20.3 Å². The Labute approximate surface area is 83.1 Å². The average Bonchev–Trinajstić information content (AvgIpc) is 2.14. The van der Waals surface area contributed by atoms with E-state index in [0.717, 1.165) is 24.2 Å². The van der Waals surface area contributed by atoms with Gasteiger partial charge < -0.3 is 5.32 Å². The maximum Gasteiger partial charge on any atom is 0.271 e. The lowest BCUT2D eigenvalue weighted by molar-refractivity contribution is -0.384. The van der Waals surface area contributed by atoms with Crippen molar-refractivity contribution in [3.8, 4) is 0 Å². The molecule has 0 saturated carbocycles. The molecule has 4 heteroatoms. The van der Waals surface area contributed by atoms with Crippen molar-refractivity contribution in [3.63, 3.8) is 0 Å². The first-order valence-electron chi connectivity index (χ1n) is 4.63. The van der Waals surface area contributed by atoms with Crippen molar-refractivity contribution in [2.75, 3.05) is 11.9 Å². The second-order valence-electron chi connectivity index (χ2n) is 3.24. The molecule has 0 atom stereocenters. The molecule has 0 radical (unpaired) electrons. The molecule has 0 unspecified atom stereocenters. The third-order valence-corrected chi connectivity index (χ3v) is 1.85. The number of nitro groups is 1. The molecule has 1 aromatic carbocycles. The van der Waals surface area contributed by atoms with Crippen molar-refractivity contribution >= 4 is 11.4 Å². The summed E-state index contributed by atoms with van der Waals surface area (Å²) in [5, 5.41) is 13.7. The lowest BCUT2D eigenvalue weighted by Crippen LogP contribution is -2.00. The minimum Gasteiger partial charge on any atom is -0.385 e. The maximum atomic E-state index is 10.6. The summed E-state index contributed by atoms with van der Waals surface area (Å²) in [7, 11) is 0. The van der Waals surface area contributed by atoms with E-state index >= 15 is 0 Å². The number of nitrogens with one attached hydrogen (secondary N) is 1. The van der Waals surface area contributed by atoms with Gasteiger partial charge in [-0.2, -0.15) is 0 Å². The number of non-ortho nitro benzene ring substituents is 1. The quantitative estimate of drug-likeness (QED) is 0.592. The van der Waals surface area contributed by atoms with Crippen LogP contribution in [0.3, 0.4) is 0 Å². The molecule has 1 aromatic rings. The Morgan fingerprint density at radius 2 is 2.14 bits per heavy atom. The van der Waals surface area contributed by atoms with Crippen LogP contribution in [0.5, 0.6) is 0 Å². The van der Waals surface area contributed by atoms with Crippen LogP contribution in [0.2, 0.25) is 0 Å². The molecule has 0 aromatic heterocycles. The van der Waals surface area contributed by atoms with Crippen LogP contribution < -0.4 is 5.32 Å². The zero-order valence-corrected chi connectivity index (χ0v) is 8.41. The van der Waals surface area contributed by atoms with E-state index < -0.39 is 0 Å². The van der Waals surface area contributed by atoms with Gasteiger partial charge in [0.05, 0.1) is 4.92 Å². The molecule has 1 rings (SSSR count). The number of rotatable bonds is 4. The van der Waals surface area contributed by atoms with Crippen LogP contribution in [0.25, 0.3) is 0 Å². The molecule has 0 bridgehead atoms. The van der Waals surface area contributed by atoms with Crippen LogP contribution in [-0.4, -0.2) is 11.5 Å². The number of nitrogens with zero attached hydrogens (tertiary/aromatic N) is 1. The van der Waals surface area contributed by atoms with E-state index in [2.05, 4.69) is 12.2 Å². The van der Waals surface area contributed by atoms with E-state index in [4.69, 9.17) is 0 Å². The van der Waals surface area contributed by atoms with Crippen LogP contribution in [0, 0.1) is 17.0 Å². The molecule has 0 amide bonds. The minimum absolute atomic E-state index is 0.142. The van der Waals surface area contributed by atoms with Gasteiger partial charge in [0.25, 0.3) is 5.69 Å². The molecule has 0 spiro atoms. The van der Waals surface area contributed by atoms with E-state index in [0.29, 0.717) is 0 Å². The third-order valence-electron chi connectivity index (χ3n) is 1.85. The van der Waals surface area contributed by atoms with E-state index in [-0.39, 0.29) is 10.6 Å². The maximum absolute atomic E-state index is 10.6. The number of nitro benzene ring substituents is 1. The number of anilines is 1. The summed E-state index contributed by atoms with van der Waals surface area (Å²) in [6.07, 6.45) is 1.00. The van der Waals surface area contributed by atoms with Gasteiger partial charge in [-0.15, -0.1) is 0 Å². The SMILES string of the molecule is CCCNc1cc(C)cc([N+](=O)[O-])c1. The number of hydrogen-bond acceptors (Lipinski definition) is 3. The lowest BCUT2D eigenvalue weighted by Gasteiger charge is -2.05. The Morgan fingerprint density at radius 3 is 2.71 bits per heavy atom. The van der Waals surface area contributed by atoms with Gasteiger partial charge >= 0.3 is 0 Å². The standard InChI is InChI=1S/C10H14N2O2/c1-3-4-11-9-5-8(2)6-10(7-9)12(13)14/h5-7,11H,3-4H2,1-2H3. The summed E-state index contributed by atoms with van der Waals surface area (Å²) in [5.41, 5.74) is 1.86. The smallest absolute Gasteiger partial charge is 0.271 e. The van der Waals surface area contributed by atoms with E-state index in [9.17, 15) is 10.1 Å². The monoisotopic (exact) mass is 194 g/mol. The van der Waals surface area contributed by atoms with E-state index in [1.807, 2.05) is 13.0 Å². The van der Waals surface area contributed by atoms with Crippen LogP contribution in [0.15, 0.2) is 18.2 Å². The highest BCUT2D eigenvalue weighted by atomic mass is 16.6. The Kier molecular flexibility index (Phi) is 3.45. The summed E-state index contributed by atoms with van der Waals surface area (Å²) in [4.78, 5) is 10.2. The number of aryl methyl sites for hydroxylation is 1. The fraction of sp³-hybridized carbons (Fsp3) is 0.400. The van der Waals surface area contributed by atoms with Gasteiger partial charge in [-0.1, -0.05) is 6.92 Å². The highest BCUT2D eigenvalue weighted by Gasteiger charge is 2.06. The highest BCUT2D eigenvalue weighted by Crippen LogP contribution is 2.20. The largest absolute Gasteiger partial charge is 0.385 e. The normalized spacial score (nSPS) is 9.86. The van der Waals surface area contributed by atoms with Crippen molar-refractivity contribution < 1.29 is 4.92 Å². The Balaban J connectivity index is 2.89. The predicted molar refractivity (Wildman–Crippen MR) is 56.6 cm³/mol. The molecule has 14 heavy (non-hydrogen) atoms. The van der Waals surface area contributed by atoms with Gasteiger partial charge in [0.15, 0.2) is 0 Å². The molecule has 0 saturated heterocycles. The van der Waals surface area contributed by atoms with Crippen LogP contribution in [0.4, 0.5) is 11.4 Å². The van der Waals surface area contributed by atoms with Crippen molar-refractivity contribution in [1.82, 2.24) is 0 Å². The number of benzene rings is 1.